The molecule has 0 aliphatic rings. The SMILES string of the molecule is CCOC(=O)c1cc(Sc2cccc(F)c2)ncc1N. The Balaban J connectivity index is 2.25. The third-order valence-electron chi connectivity index (χ3n) is 2.42. The van der Waals surface area contributed by atoms with Crippen molar-refractivity contribution in [1.82, 2.24) is 4.98 Å². The summed E-state index contributed by atoms with van der Waals surface area (Å²) in [5, 5.41) is 0.549. The number of carbonyl (C=O) groups excluding carboxylic acids is 1. The van der Waals surface area contributed by atoms with Gasteiger partial charge >= 0.3 is 5.97 Å². The number of anilines is 1. The molecule has 0 amide bonds. The molecule has 0 spiro atoms. The first-order valence-electron chi connectivity index (χ1n) is 5.96. The molecule has 0 aliphatic heterocycles. The van der Waals surface area contributed by atoms with Crippen LogP contribution >= 0.6 is 11.8 Å². The maximum atomic E-state index is 13.1. The van der Waals surface area contributed by atoms with Crippen molar-refractivity contribution in [3.05, 3.63) is 47.9 Å². The molecule has 104 valence electrons. The van der Waals surface area contributed by atoms with Gasteiger partial charge in [0.1, 0.15) is 10.8 Å². The summed E-state index contributed by atoms with van der Waals surface area (Å²) < 4.78 is 18.0. The fourth-order valence-electron chi connectivity index (χ4n) is 1.54. The van der Waals surface area contributed by atoms with E-state index in [0.29, 0.717) is 9.92 Å². The number of hydrogen-bond acceptors (Lipinski definition) is 5. The first-order valence-corrected chi connectivity index (χ1v) is 6.78. The Morgan fingerprint density at radius 2 is 2.25 bits per heavy atom. The minimum Gasteiger partial charge on any atom is -0.462 e. The van der Waals surface area contributed by atoms with E-state index in [9.17, 15) is 9.18 Å². The van der Waals surface area contributed by atoms with Crippen molar-refractivity contribution in [2.24, 2.45) is 0 Å². The highest BCUT2D eigenvalue weighted by molar-refractivity contribution is 7.99. The second-order valence-corrected chi connectivity index (χ2v) is 4.98. The number of nitrogens with two attached hydrogens (primary N) is 1. The van der Waals surface area contributed by atoms with E-state index in [1.165, 1.54) is 30.1 Å². The minimum atomic E-state index is -0.492. The molecule has 0 saturated carbocycles. The van der Waals surface area contributed by atoms with E-state index in [4.69, 9.17) is 10.5 Å². The third-order valence-corrected chi connectivity index (χ3v) is 3.35. The number of rotatable bonds is 4. The Bertz CT molecular complexity index is 634. The van der Waals surface area contributed by atoms with E-state index in [-0.39, 0.29) is 23.7 Å². The topological polar surface area (TPSA) is 65.2 Å². The summed E-state index contributed by atoms with van der Waals surface area (Å²) in [4.78, 5) is 16.5. The summed E-state index contributed by atoms with van der Waals surface area (Å²) in [6, 6.07) is 7.68. The molecule has 2 rings (SSSR count). The van der Waals surface area contributed by atoms with Crippen LogP contribution in [0.2, 0.25) is 0 Å². The molecule has 1 aromatic carbocycles. The van der Waals surface area contributed by atoms with Gasteiger partial charge in [0.2, 0.25) is 0 Å². The zero-order valence-electron chi connectivity index (χ0n) is 10.8. The monoisotopic (exact) mass is 292 g/mol. The summed E-state index contributed by atoms with van der Waals surface area (Å²) in [5.74, 6) is -0.815. The summed E-state index contributed by atoms with van der Waals surface area (Å²) in [5.41, 5.74) is 6.23. The van der Waals surface area contributed by atoms with Gasteiger partial charge in [-0.15, -0.1) is 0 Å². The summed E-state index contributed by atoms with van der Waals surface area (Å²) in [6.07, 6.45) is 1.40. The quantitative estimate of drug-likeness (QED) is 0.877. The second kappa shape index (κ2) is 6.38. The van der Waals surface area contributed by atoms with Crippen LogP contribution in [0.5, 0.6) is 0 Å². The number of aromatic nitrogens is 1. The smallest absolute Gasteiger partial charge is 0.340 e. The summed E-state index contributed by atoms with van der Waals surface area (Å²) in [7, 11) is 0. The van der Waals surface area contributed by atoms with Crippen LogP contribution in [-0.2, 0) is 4.74 Å². The van der Waals surface area contributed by atoms with E-state index in [0.717, 1.165) is 0 Å². The average Bonchev–Trinajstić information content (AvgIpc) is 2.41. The first-order chi connectivity index (χ1) is 9.60. The van der Waals surface area contributed by atoms with Gasteiger partial charge in [0, 0.05) is 4.90 Å². The van der Waals surface area contributed by atoms with Crippen molar-refractivity contribution in [2.75, 3.05) is 12.3 Å². The molecule has 2 N–H and O–H groups in total. The number of hydrogen-bond donors (Lipinski definition) is 1. The zero-order chi connectivity index (χ0) is 14.5. The van der Waals surface area contributed by atoms with E-state index in [1.807, 2.05) is 0 Å². The van der Waals surface area contributed by atoms with E-state index < -0.39 is 5.97 Å². The molecule has 1 heterocycles. The number of benzene rings is 1. The van der Waals surface area contributed by atoms with Crippen molar-refractivity contribution < 1.29 is 13.9 Å². The predicted molar refractivity (Wildman–Crippen MR) is 75.1 cm³/mol. The summed E-state index contributed by atoms with van der Waals surface area (Å²) in [6.45, 7) is 1.99. The number of nitrogen functional groups attached to an aromatic ring is 1. The molecule has 6 heteroatoms. The second-order valence-electron chi connectivity index (χ2n) is 3.89. The van der Waals surface area contributed by atoms with Gasteiger partial charge in [0.25, 0.3) is 0 Å². The van der Waals surface area contributed by atoms with Crippen LogP contribution in [-0.4, -0.2) is 17.6 Å². The van der Waals surface area contributed by atoms with Gasteiger partial charge in [-0.05, 0) is 31.2 Å². The maximum absolute atomic E-state index is 13.1. The number of halogens is 1. The lowest BCUT2D eigenvalue weighted by molar-refractivity contribution is 0.0527. The maximum Gasteiger partial charge on any atom is 0.340 e. The van der Waals surface area contributed by atoms with E-state index in [1.54, 1.807) is 25.1 Å². The number of carbonyl (C=O) groups is 1. The first kappa shape index (κ1) is 14.3. The van der Waals surface area contributed by atoms with Crippen LogP contribution in [0.15, 0.2) is 46.5 Å². The molecule has 0 aliphatic carbocycles. The highest BCUT2D eigenvalue weighted by Gasteiger charge is 2.13. The molecule has 0 bridgehead atoms. The molecule has 0 fully saturated rings. The predicted octanol–water partition coefficient (Wildman–Crippen LogP) is 3.13. The molecule has 0 saturated heterocycles. The van der Waals surface area contributed by atoms with Crippen molar-refractivity contribution in [3.63, 3.8) is 0 Å². The highest BCUT2D eigenvalue weighted by atomic mass is 32.2. The lowest BCUT2D eigenvalue weighted by Gasteiger charge is -2.07. The van der Waals surface area contributed by atoms with Crippen LogP contribution in [0.1, 0.15) is 17.3 Å². The Morgan fingerprint density at radius 3 is 2.95 bits per heavy atom. The molecule has 0 unspecified atom stereocenters. The van der Waals surface area contributed by atoms with Gasteiger partial charge in [-0.25, -0.2) is 14.2 Å². The number of pyridine rings is 1. The van der Waals surface area contributed by atoms with Gasteiger partial charge in [0.15, 0.2) is 0 Å². The minimum absolute atomic E-state index is 0.257. The standard InChI is InChI=1S/C14H13FN2O2S/c1-2-19-14(18)11-7-13(17-8-12(11)16)20-10-5-3-4-9(15)6-10/h3-8H,2,16H2,1H3. The van der Waals surface area contributed by atoms with Crippen molar-refractivity contribution in [3.8, 4) is 0 Å². The van der Waals surface area contributed by atoms with E-state index in [2.05, 4.69) is 4.98 Å². The van der Waals surface area contributed by atoms with Crippen LogP contribution < -0.4 is 5.73 Å². The molecule has 0 radical (unpaired) electrons. The number of nitrogens with zero attached hydrogens (tertiary/aromatic N) is 1. The van der Waals surface area contributed by atoms with Gasteiger partial charge in [-0.2, -0.15) is 0 Å². The Labute approximate surface area is 120 Å². The number of ether oxygens (including phenoxy) is 1. The lowest BCUT2D eigenvalue weighted by Crippen LogP contribution is -2.08. The van der Waals surface area contributed by atoms with Gasteiger partial charge in [-0.1, -0.05) is 17.8 Å². The molecular weight excluding hydrogens is 279 g/mol. The Hall–Kier alpha value is -2.08. The van der Waals surface area contributed by atoms with Crippen molar-refractivity contribution in [2.45, 2.75) is 16.8 Å². The molecule has 2 aromatic rings. The molecule has 1 aromatic heterocycles. The van der Waals surface area contributed by atoms with Gasteiger partial charge in [-0.3, -0.25) is 0 Å². The van der Waals surface area contributed by atoms with Crippen molar-refractivity contribution in [1.29, 1.82) is 0 Å². The normalized spacial score (nSPS) is 10.3. The summed E-state index contributed by atoms with van der Waals surface area (Å²) >= 11 is 1.25. The number of esters is 1. The van der Waals surface area contributed by atoms with Crippen molar-refractivity contribution >= 4 is 23.4 Å². The van der Waals surface area contributed by atoms with Gasteiger partial charge in [0.05, 0.1) is 24.1 Å². The molecule has 0 atom stereocenters. The van der Waals surface area contributed by atoms with E-state index >= 15 is 0 Å². The molecule has 4 nitrogen and oxygen atoms in total. The van der Waals surface area contributed by atoms with Crippen LogP contribution in [0.25, 0.3) is 0 Å². The molecule has 20 heavy (non-hydrogen) atoms. The van der Waals surface area contributed by atoms with Gasteiger partial charge < -0.3 is 10.5 Å². The van der Waals surface area contributed by atoms with Crippen LogP contribution in [0, 0.1) is 5.82 Å². The van der Waals surface area contributed by atoms with Crippen LogP contribution in [0.4, 0.5) is 10.1 Å². The fourth-order valence-corrected chi connectivity index (χ4v) is 2.38. The highest BCUT2D eigenvalue weighted by Crippen LogP contribution is 2.28. The molecular formula is C14H13FN2O2S. The largest absolute Gasteiger partial charge is 0.462 e. The average molecular weight is 292 g/mol. The zero-order valence-corrected chi connectivity index (χ0v) is 11.6. The van der Waals surface area contributed by atoms with Crippen LogP contribution in [0.3, 0.4) is 0 Å². The Kier molecular flexibility index (Phi) is 4.57. The fraction of sp³-hybridized carbons (Fsp3) is 0.143. The third kappa shape index (κ3) is 3.48. The lowest BCUT2D eigenvalue weighted by atomic mass is 10.2. The Morgan fingerprint density at radius 1 is 1.45 bits per heavy atom.